The summed E-state index contributed by atoms with van der Waals surface area (Å²) in [5, 5.41) is 12.5. The topological polar surface area (TPSA) is 46.2 Å². The Morgan fingerprint density at radius 1 is 0.821 bits per heavy atom. The van der Waals surface area contributed by atoms with Gasteiger partial charge in [0.05, 0.1) is 8.07 Å². The Balaban J connectivity index is 0.00000190. The van der Waals surface area contributed by atoms with E-state index in [1.807, 2.05) is 0 Å². The third kappa shape index (κ3) is 5.27. The monoisotopic (exact) mass is 399 g/mol. The van der Waals surface area contributed by atoms with Gasteiger partial charge in [0.2, 0.25) is 0 Å². The Labute approximate surface area is 174 Å². The third-order valence-corrected chi connectivity index (χ3v) is 10.2. The molecule has 0 aliphatic carbocycles. The van der Waals surface area contributed by atoms with E-state index in [9.17, 15) is 5.11 Å². The second-order valence-electron chi connectivity index (χ2n) is 10.3. The molecule has 0 aliphatic rings. The smallest absolute Gasteiger partial charge is 0.123 e. The number of phenolic OH excluding ortho intramolecular Hbond substituents is 1. The number of nitrogens with two attached hydrogens (primary N) is 1. The molecule has 1 atom stereocenters. The van der Waals surface area contributed by atoms with Crippen LogP contribution < -0.4 is 10.9 Å². The van der Waals surface area contributed by atoms with Gasteiger partial charge in [-0.3, -0.25) is 0 Å². The Morgan fingerprint density at radius 3 is 1.57 bits per heavy atom. The Bertz CT molecular complexity index is 732. The first-order valence-electron chi connectivity index (χ1n) is 10.3. The first-order chi connectivity index (χ1) is 12.8. The lowest BCUT2D eigenvalue weighted by Gasteiger charge is -2.34. The molecule has 156 valence electrons. The summed E-state index contributed by atoms with van der Waals surface area (Å²) in [6.07, 6.45) is 0. The molecule has 2 aromatic carbocycles. The van der Waals surface area contributed by atoms with Crippen LogP contribution >= 0.6 is 0 Å². The molecule has 0 heterocycles. The molecular weight excluding hydrogens is 358 g/mol. The highest BCUT2D eigenvalue weighted by atomic mass is 28.3. The molecule has 2 aromatic rings. The van der Waals surface area contributed by atoms with Crippen molar-refractivity contribution in [2.45, 2.75) is 77.9 Å². The van der Waals surface area contributed by atoms with Gasteiger partial charge in [0, 0.05) is 0 Å². The predicted octanol–water partition coefficient (Wildman–Crippen LogP) is 5.82. The molecule has 0 aromatic heterocycles. The van der Waals surface area contributed by atoms with E-state index in [4.69, 9.17) is 0 Å². The van der Waals surface area contributed by atoms with Gasteiger partial charge in [0.25, 0.3) is 0 Å². The highest BCUT2D eigenvalue weighted by Crippen LogP contribution is 2.42. The molecule has 0 amide bonds. The number of hydrogen-bond acceptors (Lipinski definition) is 2. The van der Waals surface area contributed by atoms with Crippen molar-refractivity contribution in [1.29, 1.82) is 0 Å². The number of benzene rings is 2. The van der Waals surface area contributed by atoms with Crippen LogP contribution in [0.1, 0.15) is 70.7 Å². The van der Waals surface area contributed by atoms with Crippen molar-refractivity contribution in [3.8, 4) is 5.75 Å². The van der Waals surface area contributed by atoms with Crippen LogP contribution in [0.3, 0.4) is 0 Å². The maximum absolute atomic E-state index is 11.0. The summed E-state index contributed by atoms with van der Waals surface area (Å²) in [7, 11) is -0.187. The minimum Gasteiger partial charge on any atom is -0.507 e. The van der Waals surface area contributed by atoms with Crippen molar-refractivity contribution in [2.24, 2.45) is 5.73 Å². The van der Waals surface area contributed by atoms with Crippen molar-refractivity contribution < 1.29 is 5.11 Å². The summed E-state index contributed by atoms with van der Waals surface area (Å²) in [6.45, 7) is 20.4. The van der Waals surface area contributed by atoms with Gasteiger partial charge in [-0.25, -0.2) is 0 Å². The van der Waals surface area contributed by atoms with Crippen molar-refractivity contribution in [3.05, 3.63) is 59.2 Å². The van der Waals surface area contributed by atoms with Crippen molar-refractivity contribution in [1.82, 2.24) is 0 Å². The van der Waals surface area contributed by atoms with Gasteiger partial charge in [0.1, 0.15) is 5.75 Å². The molecule has 28 heavy (non-hydrogen) atoms. The van der Waals surface area contributed by atoms with Crippen molar-refractivity contribution in [2.75, 3.05) is 7.05 Å². The average molecular weight is 400 g/mol. The van der Waals surface area contributed by atoms with Crippen LogP contribution in [0.5, 0.6) is 5.75 Å². The Kier molecular flexibility index (Phi) is 7.72. The number of aromatic hydroxyl groups is 1. The molecular formula is C25H41NOSi. The molecule has 2 nitrogen and oxygen atoms in total. The van der Waals surface area contributed by atoms with E-state index in [1.54, 1.807) is 0 Å². The van der Waals surface area contributed by atoms with E-state index < -0.39 is 8.07 Å². The molecule has 3 N–H and O–H groups in total. The van der Waals surface area contributed by atoms with Crippen LogP contribution in [-0.2, 0) is 10.8 Å². The maximum atomic E-state index is 11.0. The van der Waals surface area contributed by atoms with Gasteiger partial charge in [-0.2, -0.15) is 0 Å². The van der Waals surface area contributed by atoms with E-state index in [1.165, 1.54) is 17.8 Å². The van der Waals surface area contributed by atoms with Gasteiger partial charge in [-0.15, -0.1) is 0 Å². The number of rotatable bonds is 3. The van der Waals surface area contributed by atoms with Crippen LogP contribution in [0.15, 0.2) is 42.5 Å². The van der Waals surface area contributed by atoms with Crippen LogP contribution in [0, 0.1) is 0 Å². The molecule has 0 radical (unpaired) electrons. The molecule has 0 aliphatic heterocycles. The highest BCUT2D eigenvalue weighted by Gasteiger charge is 2.34. The summed E-state index contributed by atoms with van der Waals surface area (Å²) >= 11 is 0. The number of phenols is 1. The van der Waals surface area contributed by atoms with Gasteiger partial charge < -0.3 is 10.8 Å². The van der Waals surface area contributed by atoms with Crippen molar-refractivity contribution in [3.63, 3.8) is 0 Å². The molecule has 2 rings (SSSR count). The van der Waals surface area contributed by atoms with Crippen LogP contribution in [-0.4, -0.2) is 20.2 Å². The zero-order chi connectivity index (χ0) is 21.9. The van der Waals surface area contributed by atoms with Gasteiger partial charge in [-0.1, -0.05) is 109 Å². The lowest BCUT2D eigenvalue weighted by Crippen LogP contribution is -2.46. The van der Waals surface area contributed by atoms with E-state index >= 15 is 0 Å². The molecule has 0 saturated heterocycles. The van der Waals surface area contributed by atoms with Crippen LogP contribution in [0.4, 0.5) is 0 Å². The summed E-state index contributed by atoms with van der Waals surface area (Å²) in [5.74, 6) is 0.472. The van der Waals surface area contributed by atoms with Crippen molar-refractivity contribution >= 4 is 13.3 Å². The fourth-order valence-corrected chi connectivity index (χ4v) is 6.14. The molecule has 0 spiro atoms. The lowest BCUT2D eigenvalue weighted by molar-refractivity contribution is 0.422. The van der Waals surface area contributed by atoms with Crippen LogP contribution in [0.2, 0.25) is 13.1 Å². The molecule has 1 unspecified atom stereocenters. The third-order valence-electron chi connectivity index (χ3n) is 5.85. The lowest BCUT2D eigenvalue weighted by atomic mass is 9.78. The molecule has 3 heteroatoms. The summed E-state index contributed by atoms with van der Waals surface area (Å²) in [4.78, 5) is 0. The fraction of sp³-hybridized carbons (Fsp3) is 0.520. The minimum atomic E-state index is -1.69. The molecule has 0 fully saturated rings. The zero-order valence-electron chi connectivity index (χ0n) is 19.6. The van der Waals surface area contributed by atoms with Gasteiger partial charge in [-0.05, 0) is 40.1 Å². The summed E-state index contributed by atoms with van der Waals surface area (Å²) in [6, 6.07) is 15.5. The first kappa shape index (κ1) is 24.5. The fourth-order valence-electron chi connectivity index (χ4n) is 3.58. The van der Waals surface area contributed by atoms with E-state index in [2.05, 4.69) is 110 Å². The largest absolute Gasteiger partial charge is 0.507 e. The quantitative estimate of drug-likeness (QED) is 0.639. The maximum Gasteiger partial charge on any atom is 0.123 e. The molecule has 0 bridgehead atoms. The second kappa shape index (κ2) is 8.83. The standard InChI is InChI=1S/C24H36OSi.CH5N/c1-17(26(8,9)19-13-11-10-12-14-19)18-15-20(23(2,3)4)22(25)21(16-18)24(5,6)7;1-2/h10-17,25H,1-9H3;2H2,1H3. The highest BCUT2D eigenvalue weighted by molar-refractivity contribution is 6.90. The molecule has 0 saturated carbocycles. The van der Waals surface area contributed by atoms with E-state index in [0.29, 0.717) is 11.3 Å². The second-order valence-corrected chi connectivity index (χ2v) is 15.2. The van der Waals surface area contributed by atoms with Gasteiger partial charge in [0.15, 0.2) is 0 Å². The van der Waals surface area contributed by atoms with Gasteiger partial charge >= 0.3 is 0 Å². The van der Waals surface area contributed by atoms with E-state index in [-0.39, 0.29) is 10.8 Å². The van der Waals surface area contributed by atoms with E-state index in [0.717, 1.165) is 11.1 Å². The SMILES string of the molecule is CC(c1cc(C(C)(C)C)c(O)c(C(C)(C)C)c1)[Si](C)(C)c1ccccc1.CN. The Morgan fingerprint density at radius 2 is 1.21 bits per heavy atom. The summed E-state index contributed by atoms with van der Waals surface area (Å²) < 4.78 is 0. The van der Waals surface area contributed by atoms with Crippen LogP contribution in [0.25, 0.3) is 0 Å². The average Bonchev–Trinajstić information content (AvgIpc) is 2.61. The minimum absolute atomic E-state index is 0.0851. The predicted molar refractivity (Wildman–Crippen MR) is 128 cm³/mol. The zero-order valence-corrected chi connectivity index (χ0v) is 20.6. The Hall–Kier alpha value is -1.58. The number of hydrogen-bond donors (Lipinski definition) is 2. The first-order valence-corrected chi connectivity index (χ1v) is 13.3. The normalized spacial score (nSPS) is 13.5. The summed E-state index contributed by atoms with van der Waals surface area (Å²) in [5.41, 5.74) is 8.27.